The summed E-state index contributed by atoms with van der Waals surface area (Å²) in [7, 11) is 0. The van der Waals surface area contributed by atoms with Gasteiger partial charge in [0.1, 0.15) is 6.10 Å². The highest BCUT2D eigenvalue weighted by molar-refractivity contribution is 5.66. The van der Waals surface area contributed by atoms with E-state index in [1.54, 1.807) is 0 Å². The lowest BCUT2D eigenvalue weighted by molar-refractivity contribution is -0.334. The summed E-state index contributed by atoms with van der Waals surface area (Å²) in [5.74, 6) is 0.222. The van der Waals surface area contributed by atoms with Gasteiger partial charge in [0.2, 0.25) is 0 Å². The molecule has 2 aliphatic heterocycles. The SMILES string of the molecule is CC(=O)O[C@@H]1C[C@@]23CCO[C@H]2[C@]2(CO)CO[C@H]1C[C@H]23. The van der Waals surface area contributed by atoms with E-state index in [-0.39, 0.29) is 41.7 Å². The second-order valence-corrected chi connectivity index (χ2v) is 6.62. The maximum Gasteiger partial charge on any atom is 0.302 e. The molecule has 0 unspecified atom stereocenters. The molecule has 1 spiro atoms. The van der Waals surface area contributed by atoms with Crippen molar-refractivity contribution in [3.05, 3.63) is 0 Å². The van der Waals surface area contributed by atoms with E-state index < -0.39 is 0 Å². The Labute approximate surface area is 112 Å². The lowest BCUT2D eigenvalue weighted by Gasteiger charge is -2.70. The monoisotopic (exact) mass is 268 g/mol. The third-order valence-electron chi connectivity index (χ3n) is 5.93. The molecule has 2 saturated carbocycles. The van der Waals surface area contributed by atoms with E-state index in [9.17, 15) is 9.90 Å². The van der Waals surface area contributed by atoms with Gasteiger partial charge in [-0.2, -0.15) is 0 Å². The number of rotatable bonds is 2. The van der Waals surface area contributed by atoms with E-state index in [1.165, 1.54) is 6.92 Å². The largest absolute Gasteiger partial charge is 0.460 e. The number of carbonyl (C=O) groups is 1. The first-order valence-corrected chi connectivity index (χ1v) is 7.14. The number of carbonyl (C=O) groups excluding carboxylic acids is 1. The average Bonchev–Trinajstić information content (AvgIpc) is 2.72. The smallest absolute Gasteiger partial charge is 0.302 e. The summed E-state index contributed by atoms with van der Waals surface area (Å²) in [6, 6.07) is 0. The van der Waals surface area contributed by atoms with Gasteiger partial charge in [-0.25, -0.2) is 0 Å². The zero-order valence-electron chi connectivity index (χ0n) is 11.1. The van der Waals surface area contributed by atoms with Gasteiger partial charge in [0.05, 0.1) is 25.4 Å². The Morgan fingerprint density at radius 2 is 2.32 bits per heavy atom. The van der Waals surface area contributed by atoms with Crippen LogP contribution in [0.4, 0.5) is 0 Å². The third kappa shape index (κ3) is 1.29. The Kier molecular flexibility index (Phi) is 2.37. The minimum atomic E-state index is -0.239. The summed E-state index contributed by atoms with van der Waals surface area (Å²) in [6.07, 6.45) is 2.67. The zero-order valence-corrected chi connectivity index (χ0v) is 11.1. The molecule has 0 aromatic heterocycles. The van der Waals surface area contributed by atoms with E-state index in [0.717, 1.165) is 25.9 Å². The van der Waals surface area contributed by atoms with Gasteiger partial charge in [0.25, 0.3) is 0 Å². The molecular weight excluding hydrogens is 248 g/mol. The Morgan fingerprint density at radius 1 is 1.47 bits per heavy atom. The predicted octanol–water partition coefficient (Wildman–Crippen LogP) is 0.494. The van der Waals surface area contributed by atoms with E-state index >= 15 is 0 Å². The summed E-state index contributed by atoms with van der Waals surface area (Å²) in [5, 5.41) is 9.81. The number of aliphatic hydroxyl groups excluding tert-OH is 1. The molecule has 0 aromatic rings. The van der Waals surface area contributed by atoms with Crippen molar-refractivity contribution in [2.45, 2.75) is 44.5 Å². The highest BCUT2D eigenvalue weighted by atomic mass is 16.6. The van der Waals surface area contributed by atoms with Crippen molar-refractivity contribution < 1.29 is 24.1 Å². The first kappa shape index (κ1) is 12.1. The molecule has 1 N–H and O–H groups in total. The molecule has 4 aliphatic rings. The van der Waals surface area contributed by atoms with Crippen molar-refractivity contribution in [1.29, 1.82) is 0 Å². The van der Waals surface area contributed by atoms with Crippen LogP contribution in [0.5, 0.6) is 0 Å². The van der Waals surface area contributed by atoms with E-state index in [4.69, 9.17) is 14.2 Å². The van der Waals surface area contributed by atoms with Gasteiger partial charge in [0, 0.05) is 24.4 Å². The van der Waals surface area contributed by atoms with Crippen LogP contribution in [0.2, 0.25) is 0 Å². The highest BCUT2D eigenvalue weighted by Gasteiger charge is 2.77. The average molecular weight is 268 g/mol. The molecule has 5 nitrogen and oxygen atoms in total. The van der Waals surface area contributed by atoms with Gasteiger partial charge in [-0.3, -0.25) is 4.79 Å². The Balaban J connectivity index is 1.67. The molecule has 4 fully saturated rings. The molecular formula is C14H20O5. The van der Waals surface area contributed by atoms with Gasteiger partial charge < -0.3 is 19.3 Å². The minimum Gasteiger partial charge on any atom is -0.460 e. The second-order valence-electron chi connectivity index (χ2n) is 6.62. The number of fused-ring (bicyclic) bond motifs is 2. The van der Waals surface area contributed by atoms with Crippen molar-refractivity contribution in [1.82, 2.24) is 0 Å². The number of ether oxygens (including phenoxy) is 3. The quantitative estimate of drug-likeness (QED) is 0.739. The molecule has 4 rings (SSSR count). The Bertz CT molecular complexity index is 424. The molecule has 2 aliphatic carbocycles. The fraction of sp³-hybridized carbons (Fsp3) is 0.929. The van der Waals surface area contributed by atoms with Crippen LogP contribution in [0.15, 0.2) is 0 Å². The van der Waals surface area contributed by atoms with Crippen molar-refractivity contribution in [2.24, 2.45) is 16.7 Å². The van der Waals surface area contributed by atoms with Crippen LogP contribution < -0.4 is 0 Å². The van der Waals surface area contributed by atoms with Gasteiger partial charge in [0.15, 0.2) is 0 Å². The van der Waals surface area contributed by atoms with Crippen LogP contribution in [0, 0.1) is 16.7 Å². The number of esters is 1. The Hall–Kier alpha value is -0.650. The van der Waals surface area contributed by atoms with Crippen molar-refractivity contribution in [3.8, 4) is 0 Å². The summed E-state index contributed by atoms with van der Waals surface area (Å²) >= 11 is 0. The lowest BCUT2D eigenvalue weighted by Crippen LogP contribution is -2.76. The molecule has 2 saturated heterocycles. The number of hydrogen-bond acceptors (Lipinski definition) is 5. The summed E-state index contributed by atoms with van der Waals surface area (Å²) in [4.78, 5) is 11.3. The topological polar surface area (TPSA) is 65.0 Å². The molecule has 19 heavy (non-hydrogen) atoms. The lowest BCUT2D eigenvalue weighted by atomic mass is 9.38. The van der Waals surface area contributed by atoms with Crippen LogP contribution in [0.3, 0.4) is 0 Å². The van der Waals surface area contributed by atoms with Crippen LogP contribution in [0.25, 0.3) is 0 Å². The minimum absolute atomic E-state index is 0.000694. The van der Waals surface area contributed by atoms with E-state index in [1.807, 2.05) is 0 Å². The fourth-order valence-corrected chi connectivity index (χ4v) is 5.31. The fourth-order valence-electron chi connectivity index (χ4n) is 5.31. The molecule has 0 aromatic carbocycles. The molecule has 0 amide bonds. The van der Waals surface area contributed by atoms with E-state index in [0.29, 0.717) is 12.5 Å². The van der Waals surface area contributed by atoms with Crippen LogP contribution in [0.1, 0.15) is 26.2 Å². The van der Waals surface area contributed by atoms with E-state index in [2.05, 4.69) is 0 Å². The number of hydrogen-bond donors (Lipinski definition) is 1. The Morgan fingerprint density at radius 3 is 3.05 bits per heavy atom. The standard InChI is InChI=1S/C14H20O5/c1-8(16)19-10-5-13-2-3-17-12(13)14(6-15)7-18-9(10)4-11(13)14/h9-12,15H,2-7H2,1H3/t9-,10+,11-,12+,13+,14+/m0/s1. The van der Waals surface area contributed by atoms with Crippen molar-refractivity contribution in [3.63, 3.8) is 0 Å². The maximum absolute atomic E-state index is 11.3. The third-order valence-corrected chi connectivity index (χ3v) is 5.93. The zero-order chi connectivity index (χ0) is 13.3. The van der Waals surface area contributed by atoms with Gasteiger partial charge in [-0.15, -0.1) is 0 Å². The molecule has 2 heterocycles. The first-order chi connectivity index (χ1) is 9.12. The molecule has 5 heteroatoms. The molecule has 106 valence electrons. The van der Waals surface area contributed by atoms with Crippen LogP contribution >= 0.6 is 0 Å². The van der Waals surface area contributed by atoms with Gasteiger partial charge >= 0.3 is 5.97 Å². The second kappa shape index (κ2) is 3.71. The van der Waals surface area contributed by atoms with Gasteiger partial charge in [-0.05, 0) is 25.2 Å². The van der Waals surface area contributed by atoms with Gasteiger partial charge in [-0.1, -0.05) is 0 Å². The van der Waals surface area contributed by atoms with Crippen molar-refractivity contribution >= 4 is 5.97 Å². The van der Waals surface area contributed by atoms with Crippen molar-refractivity contribution in [2.75, 3.05) is 19.8 Å². The normalized spacial score (nSPS) is 54.2. The highest BCUT2D eigenvalue weighted by Crippen LogP contribution is 2.72. The molecule has 6 atom stereocenters. The predicted molar refractivity (Wildman–Crippen MR) is 64.3 cm³/mol. The molecule has 2 bridgehead atoms. The summed E-state index contributed by atoms with van der Waals surface area (Å²) in [5.41, 5.74) is -0.0860. The summed E-state index contributed by atoms with van der Waals surface area (Å²) in [6.45, 7) is 2.87. The molecule has 0 radical (unpaired) electrons. The van der Waals surface area contributed by atoms with Crippen LogP contribution in [-0.4, -0.2) is 49.2 Å². The van der Waals surface area contributed by atoms with Crippen LogP contribution in [-0.2, 0) is 19.0 Å². The number of aliphatic hydroxyl groups is 1. The first-order valence-electron chi connectivity index (χ1n) is 7.14. The summed E-state index contributed by atoms with van der Waals surface area (Å²) < 4.78 is 17.3. The maximum atomic E-state index is 11.3.